The van der Waals surface area contributed by atoms with E-state index in [4.69, 9.17) is 5.73 Å². The number of imidazole rings is 1. The lowest BCUT2D eigenvalue weighted by Gasteiger charge is -2.02. The molecule has 2 aromatic rings. The van der Waals surface area contributed by atoms with Gasteiger partial charge in [0, 0.05) is 13.5 Å². The Hall–Kier alpha value is -1.85. The van der Waals surface area contributed by atoms with Crippen molar-refractivity contribution in [3.63, 3.8) is 0 Å². The summed E-state index contributed by atoms with van der Waals surface area (Å²) in [6, 6.07) is 0. The second-order valence-corrected chi connectivity index (χ2v) is 4.17. The summed E-state index contributed by atoms with van der Waals surface area (Å²) in [6.07, 6.45) is 4.14. The number of unbranched alkanes of at least 4 members (excludes halogenated alkanes) is 2. The third kappa shape index (κ3) is 2.15. The smallest absolute Gasteiger partial charge is 0.327 e. The molecule has 3 N–H and O–H groups in total. The number of aromatic amines is 1. The van der Waals surface area contributed by atoms with Crippen LogP contribution in [0.3, 0.4) is 0 Å². The van der Waals surface area contributed by atoms with E-state index in [9.17, 15) is 4.79 Å². The Labute approximate surface area is 98.9 Å². The number of hydrogen-bond donors (Lipinski definition) is 2. The molecule has 2 aromatic heterocycles. The molecule has 0 radical (unpaired) electrons. The number of aryl methyl sites for hydroxylation is 2. The molecule has 2 heterocycles. The molecular formula is C11H17N5O. The third-order valence-electron chi connectivity index (χ3n) is 2.82. The molecule has 0 aliphatic heterocycles. The minimum absolute atomic E-state index is 0.216. The fraction of sp³-hybridized carbons (Fsp3) is 0.545. The molecule has 6 nitrogen and oxygen atoms in total. The monoisotopic (exact) mass is 235 g/mol. The second-order valence-electron chi connectivity index (χ2n) is 4.17. The molecule has 0 fully saturated rings. The number of H-pyrrole nitrogens is 1. The summed E-state index contributed by atoms with van der Waals surface area (Å²) in [7, 11) is 1.67. The number of rotatable bonds is 4. The molecule has 0 aliphatic rings. The quantitative estimate of drug-likeness (QED) is 0.773. The van der Waals surface area contributed by atoms with E-state index in [1.807, 2.05) is 0 Å². The van der Waals surface area contributed by atoms with Crippen LogP contribution < -0.4 is 11.4 Å². The highest BCUT2D eigenvalue weighted by Crippen LogP contribution is 2.14. The molecule has 0 atom stereocenters. The Morgan fingerprint density at radius 2 is 2.12 bits per heavy atom. The van der Waals surface area contributed by atoms with Gasteiger partial charge in [0.1, 0.15) is 11.3 Å². The number of nitrogens with two attached hydrogens (primary N) is 1. The first-order valence-corrected chi connectivity index (χ1v) is 5.84. The summed E-state index contributed by atoms with van der Waals surface area (Å²) in [4.78, 5) is 22.7. The molecule has 6 heteroatoms. The number of nitrogen functional groups attached to an aromatic ring is 1. The molecule has 0 saturated heterocycles. The minimum Gasteiger partial charge on any atom is -0.382 e. The van der Waals surface area contributed by atoms with Crippen molar-refractivity contribution in [3.05, 3.63) is 16.3 Å². The first kappa shape index (κ1) is 11.6. The van der Waals surface area contributed by atoms with Crippen LogP contribution in [0.5, 0.6) is 0 Å². The van der Waals surface area contributed by atoms with Crippen molar-refractivity contribution in [3.8, 4) is 0 Å². The van der Waals surface area contributed by atoms with Crippen molar-refractivity contribution in [1.29, 1.82) is 0 Å². The molecule has 0 aromatic carbocycles. The molecule has 0 bridgehead atoms. The van der Waals surface area contributed by atoms with Crippen LogP contribution in [0.4, 0.5) is 5.82 Å². The van der Waals surface area contributed by atoms with E-state index in [-0.39, 0.29) is 5.69 Å². The Balaban J connectivity index is 2.40. The fourth-order valence-electron chi connectivity index (χ4n) is 1.81. The van der Waals surface area contributed by atoms with Gasteiger partial charge in [0.15, 0.2) is 11.5 Å². The van der Waals surface area contributed by atoms with Crippen LogP contribution in [0.25, 0.3) is 11.2 Å². The summed E-state index contributed by atoms with van der Waals surface area (Å²) in [5.74, 6) is 1.05. The zero-order valence-corrected chi connectivity index (χ0v) is 10.2. The lowest BCUT2D eigenvalue weighted by atomic mass is 10.2. The van der Waals surface area contributed by atoms with E-state index in [0.29, 0.717) is 22.8 Å². The fourth-order valence-corrected chi connectivity index (χ4v) is 1.81. The average molecular weight is 235 g/mol. The lowest BCUT2D eigenvalue weighted by Crippen LogP contribution is -2.12. The Morgan fingerprint density at radius 1 is 1.35 bits per heavy atom. The summed E-state index contributed by atoms with van der Waals surface area (Å²) in [5, 5.41) is 0. The summed E-state index contributed by atoms with van der Waals surface area (Å²) in [6.45, 7) is 2.15. The van der Waals surface area contributed by atoms with Crippen molar-refractivity contribution in [2.24, 2.45) is 7.05 Å². The highest BCUT2D eigenvalue weighted by atomic mass is 16.1. The predicted octanol–water partition coefficient (Wildman–Crippen LogP) is 0.972. The van der Waals surface area contributed by atoms with Crippen LogP contribution >= 0.6 is 0 Å². The van der Waals surface area contributed by atoms with Crippen LogP contribution in [0, 0.1) is 0 Å². The summed E-state index contributed by atoms with van der Waals surface area (Å²) < 4.78 is 1.46. The summed E-state index contributed by atoms with van der Waals surface area (Å²) >= 11 is 0. The van der Waals surface area contributed by atoms with Gasteiger partial charge in [-0.1, -0.05) is 19.8 Å². The van der Waals surface area contributed by atoms with E-state index in [1.54, 1.807) is 7.05 Å². The Bertz CT molecular complexity index is 583. The summed E-state index contributed by atoms with van der Waals surface area (Å²) in [5.41, 5.74) is 6.70. The van der Waals surface area contributed by atoms with E-state index in [0.717, 1.165) is 25.7 Å². The van der Waals surface area contributed by atoms with Gasteiger partial charge in [0.05, 0.1) is 0 Å². The highest BCUT2D eigenvalue weighted by molar-refractivity contribution is 5.81. The van der Waals surface area contributed by atoms with E-state index < -0.39 is 0 Å². The number of hydrogen-bond acceptors (Lipinski definition) is 4. The van der Waals surface area contributed by atoms with E-state index in [2.05, 4.69) is 21.9 Å². The van der Waals surface area contributed by atoms with Gasteiger partial charge in [-0.3, -0.25) is 4.57 Å². The molecule has 0 spiro atoms. The van der Waals surface area contributed by atoms with Crippen molar-refractivity contribution in [2.45, 2.75) is 32.6 Å². The van der Waals surface area contributed by atoms with E-state index in [1.165, 1.54) is 4.57 Å². The maximum atomic E-state index is 11.4. The van der Waals surface area contributed by atoms with Gasteiger partial charge in [-0.25, -0.2) is 14.8 Å². The predicted molar refractivity (Wildman–Crippen MR) is 66.8 cm³/mol. The molecule has 92 valence electrons. The minimum atomic E-state index is -0.216. The zero-order chi connectivity index (χ0) is 12.4. The number of nitrogens with zero attached hydrogens (tertiary/aromatic N) is 3. The Morgan fingerprint density at radius 3 is 2.82 bits per heavy atom. The first-order chi connectivity index (χ1) is 8.13. The normalized spacial score (nSPS) is 11.2. The maximum absolute atomic E-state index is 11.4. The van der Waals surface area contributed by atoms with Gasteiger partial charge < -0.3 is 10.7 Å². The molecule has 0 amide bonds. The third-order valence-corrected chi connectivity index (χ3v) is 2.82. The van der Waals surface area contributed by atoms with Crippen LogP contribution in [-0.4, -0.2) is 19.5 Å². The maximum Gasteiger partial charge on any atom is 0.327 e. The van der Waals surface area contributed by atoms with Gasteiger partial charge in [-0.15, -0.1) is 0 Å². The van der Waals surface area contributed by atoms with Crippen LogP contribution in [0.15, 0.2) is 4.79 Å². The SMILES string of the molecule is CCCCCc1nc(N)c2[nH]c(=O)n(C)c2n1. The average Bonchev–Trinajstić information content (AvgIpc) is 2.58. The lowest BCUT2D eigenvalue weighted by molar-refractivity contribution is 0.695. The molecule has 17 heavy (non-hydrogen) atoms. The Kier molecular flexibility index (Phi) is 3.12. The van der Waals surface area contributed by atoms with Crippen molar-refractivity contribution in [2.75, 3.05) is 5.73 Å². The number of anilines is 1. The van der Waals surface area contributed by atoms with Gasteiger partial charge in [-0.05, 0) is 6.42 Å². The van der Waals surface area contributed by atoms with Crippen molar-refractivity contribution < 1.29 is 0 Å². The number of aromatic nitrogens is 4. The van der Waals surface area contributed by atoms with Crippen molar-refractivity contribution >= 4 is 17.0 Å². The van der Waals surface area contributed by atoms with Gasteiger partial charge >= 0.3 is 5.69 Å². The van der Waals surface area contributed by atoms with Gasteiger partial charge in [0.25, 0.3) is 0 Å². The largest absolute Gasteiger partial charge is 0.382 e. The first-order valence-electron chi connectivity index (χ1n) is 5.84. The highest BCUT2D eigenvalue weighted by Gasteiger charge is 2.10. The molecule has 0 aliphatic carbocycles. The number of fused-ring (bicyclic) bond motifs is 1. The molecule has 0 unspecified atom stereocenters. The van der Waals surface area contributed by atoms with Crippen LogP contribution in [0.1, 0.15) is 32.0 Å². The molecular weight excluding hydrogens is 218 g/mol. The van der Waals surface area contributed by atoms with Crippen molar-refractivity contribution in [1.82, 2.24) is 19.5 Å². The van der Waals surface area contributed by atoms with E-state index >= 15 is 0 Å². The zero-order valence-electron chi connectivity index (χ0n) is 10.2. The van der Waals surface area contributed by atoms with Gasteiger partial charge in [0.2, 0.25) is 0 Å². The molecule has 2 rings (SSSR count). The second kappa shape index (κ2) is 4.57. The molecule has 0 saturated carbocycles. The van der Waals surface area contributed by atoms with Gasteiger partial charge in [-0.2, -0.15) is 0 Å². The van der Waals surface area contributed by atoms with Crippen LogP contribution in [0.2, 0.25) is 0 Å². The standard InChI is InChI=1S/C11H17N5O/c1-3-4-5-6-7-13-9(12)8-10(14-7)16(2)11(17)15-8/h3-6H2,1-2H3,(H,15,17)(H2,12,13,14). The topological polar surface area (TPSA) is 89.6 Å². The van der Waals surface area contributed by atoms with Crippen LogP contribution in [-0.2, 0) is 13.5 Å². The number of nitrogens with one attached hydrogen (secondary N) is 1.